The number of carbonyl (C=O) groups excluding carboxylic acids is 2. The number of nitrogens with zero attached hydrogens (tertiary/aromatic N) is 7. The molecule has 0 spiro atoms. The second-order valence-electron chi connectivity index (χ2n) is 12.8. The second-order valence-corrected chi connectivity index (χ2v) is 15.7. The van der Waals surface area contributed by atoms with Crippen molar-refractivity contribution in [3.63, 3.8) is 0 Å². The summed E-state index contributed by atoms with van der Waals surface area (Å²) in [6, 6.07) is 24.4. The van der Waals surface area contributed by atoms with Crippen LogP contribution in [0.5, 0.6) is 11.5 Å². The fraction of sp³-hybridized carbons (Fsp3) is 0.351. The summed E-state index contributed by atoms with van der Waals surface area (Å²) in [5.74, 6) is 1.19. The minimum Gasteiger partial charge on any atom is -0.497 e. The molecule has 0 radical (unpaired) electrons. The first kappa shape index (κ1) is 41.5. The van der Waals surface area contributed by atoms with E-state index < -0.39 is 27.1 Å². The van der Waals surface area contributed by atoms with Crippen LogP contribution in [0, 0.1) is 0 Å². The number of aromatic nitrogens is 6. The standard InChI is InChI=1S/C23H28N4O6S.C14H17N3O2S/c1-23(2,22(28)33-5)27-24-14-21(25-27)34(29,30)26(15-17-6-10-19(31-3)11-7-17)16-18-8-12-20(32-4)13-9-18;1-14(2,13(18)19-3)17-15-9-12(16-17)20-10-11-7-5-4-6-8-11/h6-14H,15-16H2,1-5H3;4-9H,10H2,1-3H3. The molecule has 17 heteroatoms. The van der Waals surface area contributed by atoms with Gasteiger partial charge in [-0.15, -0.1) is 10.2 Å². The van der Waals surface area contributed by atoms with E-state index in [1.54, 1.807) is 108 Å². The molecule has 0 saturated heterocycles. The number of hydrogen-bond donors (Lipinski definition) is 0. The lowest BCUT2D eigenvalue weighted by molar-refractivity contribution is -0.151. The molecule has 2 aromatic heterocycles. The molecule has 2 heterocycles. The van der Waals surface area contributed by atoms with Crippen molar-refractivity contribution >= 4 is 33.7 Å². The Bertz CT molecular complexity index is 2030. The average Bonchev–Trinajstić information content (AvgIpc) is 3.90. The highest BCUT2D eigenvalue weighted by Gasteiger charge is 2.36. The van der Waals surface area contributed by atoms with Gasteiger partial charge in [-0.3, -0.25) is 0 Å². The normalized spacial score (nSPS) is 11.7. The highest BCUT2D eigenvalue weighted by molar-refractivity contribution is 7.98. The molecule has 0 unspecified atom stereocenters. The average molecular weight is 780 g/mol. The van der Waals surface area contributed by atoms with Gasteiger partial charge in [-0.1, -0.05) is 66.4 Å². The first-order valence-electron chi connectivity index (χ1n) is 16.6. The Labute approximate surface area is 319 Å². The quantitative estimate of drug-likeness (QED) is 0.102. The first-order chi connectivity index (χ1) is 25.6. The summed E-state index contributed by atoms with van der Waals surface area (Å²) in [6.45, 7) is 6.72. The SMILES string of the molecule is COC(=O)C(C)(C)n1ncc(S(=O)(=O)N(Cc2ccc(OC)cc2)Cc2ccc(OC)cc2)n1.COC(=O)C(C)(C)n1ncc(SCc2ccccc2)n1. The molecule has 0 bridgehead atoms. The molecule has 5 aromatic rings. The Morgan fingerprint density at radius 2 is 1.13 bits per heavy atom. The van der Waals surface area contributed by atoms with Gasteiger partial charge in [0.2, 0.25) is 5.03 Å². The molecular weight excluding hydrogens is 735 g/mol. The van der Waals surface area contributed by atoms with Crippen LogP contribution in [0.4, 0.5) is 0 Å². The van der Waals surface area contributed by atoms with Crippen LogP contribution in [0.25, 0.3) is 0 Å². The van der Waals surface area contributed by atoms with Gasteiger partial charge in [-0.05, 0) is 68.7 Å². The maximum absolute atomic E-state index is 13.6. The number of ether oxygens (including phenoxy) is 4. The minimum atomic E-state index is -4.08. The summed E-state index contributed by atoms with van der Waals surface area (Å²) in [4.78, 5) is 26.2. The molecule has 0 aliphatic carbocycles. The number of thioether (sulfide) groups is 1. The zero-order chi connectivity index (χ0) is 39.5. The molecule has 0 N–H and O–H groups in total. The van der Waals surface area contributed by atoms with Crippen LogP contribution >= 0.6 is 11.8 Å². The van der Waals surface area contributed by atoms with Crippen LogP contribution in [0.2, 0.25) is 0 Å². The minimum absolute atomic E-state index is 0.0889. The molecule has 54 heavy (non-hydrogen) atoms. The van der Waals surface area contributed by atoms with Crippen molar-refractivity contribution in [3.05, 3.63) is 108 Å². The Morgan fingerprint density at radius 3 is 1.59 bits per heavy atom. The van der Waals surface area contributed by atoms with Crippen molar-refractivity contribution in [2.75, 3.05) is 28.4 Å². The largest absolute Gasteiger partial charge is 0.497 e. The highest BCUT2D eigenvalue weighted by atomic mass is 32.2. The second kappa shape index (κ2) is 18.2. The summed E-state index contributed by atoms with van der Waals surface area (Å²) >= 11 is 1.58. The van der Waals surface area contributed by atoms with Gasteiger partial charge in [0.25, 0.3) is 10.0 Å². The van der Waals surface area contributed by atoms with Gasteiger partial charge in [-0.25, -0.2) is 18.0 Å². The van der Waals surface area contributed by atoms with Gasteiger partial charge < -0.3 is 18.9 Å². The highest BCUT2D eigenvalue weighted by Crippen LogP contribution is 2.25. The Kier molecular flexibility index (Phi) is 14.0. The van der Waals surface area contributed by atoms with Gasteiger partial charge in [0.1, 0.15) is 16.5 Å². The van der Waals surface area contributed by atoms with Crippen molar-refractivity contribution in [2.45, 2.75) is 67.7 Å². The molecule has 288 valence electrons. The molecule has 0 aliphatic heterocycles. The van der Waals surface area contributed by atoms with Crippen molar-refractivity contribution < 1.29 is 37.0 Å². The Morgan fingerprint density at radius 1 is 0.667 bits per heavy atom. The van der Waals surface area contributed by atoms with E-state index in [1.165, 1.54) is 28.9 Å². The van der Waals surface area contributed by atoms with E-state index in [0.29, 0.717) is 11.5 Å². The van der Waals surface area contributed by atoms with Crippen LogP contribution in [0.3, 0.4) is 0 Å². The lowest BCUT2D eigenvalue weighted by Gasteiger charge is -2.22. The third-order valence-electron chi connectivity index (χ3n) is 8.18. The maximum Gasteiger partial charge on any atom is 0.335 e. The van der Waals surface area contributed by atoms with Gasteiger partial charge in [0.15, 0.2) is 11.1 Å². The summed E-state index contributed by atoms with van der Waals surface area (Å²) in [5, 5.41) is 17.1. The number of rotatable bonds is 15. The molecule has 0 saturated carbocycles. The van der Waals surface area contributed by atoms with Crippen LogP contribution in [0.1, 0.15) is 44.4 Å². The predicted molar refractivity (Wildman–Crippen MR) is 201 cm³/mol. The lowest BCUT2D eigenvalue weighted by Crippen LogP contribution is -2.39. The summed E-state index contributed by atoms with van der Waals surface area (Å²) in [7, 11) is 1.66. The zero-order valence-corrected chi connectivity index (χ0v) is 33.1. The molecule has 0 amide bonds. The van der Waals surface area contributed by atoms with E-state index in [0.717, 1.165) is 32.9 Å². The van der Waals surface area contributed by atoms with Crippen LogP contribution in [-0.4, -0.2) is 83.1 Å². The van der Waals surface area contributed by atoms with Crippen LogP contribution in [-0.2, 0) is 59.0 Å². The van der Waals surface area contributed by atoms with E-state index in [4.69, 9.17) is 18.9 Å². The van der Waals surface area contributed by atoms with Crippen LogP contribution in [0.15, 0.2) is 101 Å². The van der Waals surface area contributed by atoms with E-state index in [1.807, 2.05) is 18.2 Å². The van der Waals surface area contributed by atoms with Crippen molar-refractivity contribution in [3.8, 4) is 11.5 Å². The number of benzene rings is 3. The third-order valence-corrected chi connectivity index (χ3v) is 10.8. The van der Waals surface area contributed by atoms with E-state index >= 15 is 0 Å². The third kappa shape index (κ3) is 10.2. The molecule has 5 rings (SSSR count). The van der Waals surface area contributed by atoms with Crippen molar-refractivity contribution in [2.24, 2.45) is 0 Å². The van der Waals surface area contributed by atoms with E-state index in [-0.39, 0.29) is 24.1 Å². The molecular formula is C37H45N7O8S2. The number of methoxy groups -OCH3 is 4. The zero-order valence-electron chi connectivity index (χ0n) is 31.5. The summed E-state index contributed by atoms with van der Waals surface area (Å²) < 4.78 is 48.5. The number of hydrogen-bond acceptors (Lipinski definition) is 13. The van der Waals surface area contributed by atoms with Gasteiger partial charge >= 0.3 is 11.9 Å². The van der Waals surface area contributed by atoms with Crippen molar-refractivity contribution in [1.29, 1.82) is 0 Å². The van der Waals surface area contributed by atoms with E-state index in [9.17, 15) is 18.0 Å². The Balaban J connectivity index is 0.000000276. The topological polar surface area (TPSA) is 170 Å². The molecule has 3 aromatic carbocycles. The summed E-state index contributed by atoms with van der Waals surface area (Å²) in [6.07, 6.45) is 2.80. The predicted octanol–water partition coefficient (Wildman–Crippen LogP) is 5.07. The Hall–Kier alpha value is -5.26. The molecule has 15 nitrogen and oxygen atoms in total. The number of sulfonamides is 1. The van der Waals surface area contributed by atoms with E-state index in [2.05, 4.69) is 32.5 Å². The molecule has 0 atom stereocenters. The van der Waals surface area contributed by atoms with Gasteiger partial charge in [0.05, 0.1) is 40.8 Å². The lowest BCUT2D eigenvalue weighted by atomic mass is 10.1. The smallest absolute Gasteiger partial charge is 0.335 e. The fourth-order valence-electron chi connectivity index (χ4n) is 4.84. The first-order valence-corrected chi connectivity index (χ1v) is 19.0. The van der Waals surface area contributed by atoms with Crippen molar-refractivity contribution in [1.82, 2.24) is 34.3 Å². The fourth-order valence-corrected chi connectivity index (χ4v) is 6.87. The molecule has 0 aliphatic rings. The summed E-state index contributed by atoms with van der Waals surface area (Å²) in [5.41, 5.74) is 0.569. The maximum atomic E-state index is 13.6. The molecule has 0 fully saturated rings. The van der Waals surface area contributed by atoms with Gasteiger partial charge in [-0.2, -0.15) is 24.1 Å². The monoisotopic (exact) mass is 779 g/mol. The van der Waals surface area contributed by atoms with Crippen LogP contribution < -0.4 is 9.47 Å². The number of esters is 2. The number of carbonyl (C=O) groups is 2. The van der Waals surface area contributed by atoms with Gasteiger partial charge in [0, 0.05) is 18.8 Å².